The van der Waals surface area contributed by atoms with E-state index in [9.17, 15) is 23.2 Å². The smallest absolute Gasteiger partial charge is 0.369 e. The van der Waals surface area contributed by atoms with E-state index < -0.39 is 29.5 Å². The summed E-state index contributed by atoms with van der Waals surface area (Å²) < 4.78 is 42.6. The maximum absolute atomic E-state index is 14.2. The van der Waals surface area contributed by atoms with Gasteiger partial charge in [-0.1, -0.05) is 19.1 Å². The fraction of sp³-hybridized carbons (Fsp3) is 0.583. The number of carbonyl (C=O) groups is 1. The van der Waals surface area contributed by atoms with Crippen molar-refractivity contribution >= 4 is 11.5 Å². The van der Waals surface area contributed by atoms with E-state index in [2.05, 4.69) is 43.3 Å². The van der Waals surface area contributed by atoms with Crippen molar-refractivity contribution in [2.75, 3.05) is 37.6 Å². The van der Waals surface area contributed by atoms with Gasteiger partial charge in [0.15, 0.2) is 5.78 Å². The van der Waals surface area contributed by atoms with Crippen molar-refractivity contribution in [3.05, 3.63) is 42.0 Å². The summed E-state index contributed by atoms with van der Waals surface area (Å²) in [6.07, 6.45) is -2.37. The third-order valence-corrected chi connectivity index (χ3v) is 6.96. The van der Waals surface area contributed by atoms with E-state index in [1.165, 1.54) is 18.5 Å². The molecule has 0 amide bonds. The number of aromatic amines is 1. The Morgan fingerprint density at radius 2 is 1.91 bits per heavy atom. The van der Waals surface area contributed by atoms with Gasteiger partial charge < -0.3 is 9.80 Å². The van der Waals surface area contributed by atoms with Crippen LogP contribution in [0.15, 0.2) is 30.6 Å². The van der Waals surface area contributed by atoms with E-state index in [0.717, 1.165) is 38.4 Å². The molecule has 8 nitrogen and oxygen atoms in total. The van der Waals surface area contributed by atoms with Crippen LogP contribution in [0, 0.1) is 16.7 Å². The summed E-state index contributed by atoms with van der Waals surface area (Å²) in [6.45, 7) is 6.57. The fourth-order valence-corrected chi connectivity index (χ4v) is 4.50. The molecule has 2 aliphatic rings. The number of hydrogen-bond donors (Lipinski definition) is 2. The van der Waals surface area contributed by atoms with Crippen LogP contribution in [0.2, 0.25) is 0 Å². The van der Waals surface area contributed by atoms with Crippen LogP contribution in [0.5, 0.6) is 0 Å². The van der Waals surface area contributed by atoms with Gasteiger partial charge >= 0.3 is 6.18 Å². The van der Waals surface area contributed by atoms with E-state index in [4.69, 9.17) is 0 Å². The van der Waals surface area contributed by atoms with Crippen LogP contribution in [0.3, 0.4) is 0 Å². The van der Waals surface area contributed by atoms with Crippen molar-refractivity contribution in [2.24, 2.45) is 5.41 Å². The van der Waals surface area contributed by atoms with E-state index >= 15 is 0 Å². The molecule has 2 heterocycles. The number of rotatable bonds is 10. The predicted molar refractivity (Wildman–Crippen MR) is 123 cm³/mol. The zero-order valence-corrected chi connectivity index (χ0v) is 19.7. The van der Waals surface area contributed by atoms with Gasteiger partial charge in [0.25, 0.3) is 0 Å². The first-order chi connectivity index (χ1) is 16.7. The van der Waals surface area contributed by atoms with Gasteiger partial charge in [0, 0.05) is 44.7 Å². The molecule has 2 fully saturated rings. The molecule has 11 heteroatoms. The van der Waals surface area contributed by atoms with Crippen LogP contribution < -0.4 is 10.2 Å². The zero-order valence-electron chi connectivity index (χ0n) is 19.7. The van der Waals surface area contributed by atoms with Gasteiger partial charge in [-0.3, -0.25) is 15.2 Å². The molecule has 1 aromatic carbocycles. The van der Waals surface area contributed by atoms with E-state index in [1.807, 2.05) is 0 Å². The van der Waals surface area contributed by atoms with Gasteiger partial charge in [-0.2, -0.15) is 23.5 Å². The minimum atomic E-state index is -4.62. The van der Waals surface area contributed by atoms with Gasteiger partial charge in [0.05, 0.1) is 17.5 Å². The number of anilines is 1. The van der Waals surface area contributed by atoms with Crippen LogP contribution >= 0.6 is 0 Å². The highest BCUT2D eigenvalue weighted by molar-refractivity contribution is 5.85. The lowest BCUT2D eigenvalue weighted by molar-refractivity contribution is -0.160. The number of alkyl halides is 3. The first kappa shape index (κ1) is 25.1. The SMILES string of the molecule is CCN1CCN(c2ccc([C@H](N[C@@H](Cc3ncn[nH]3)C(=O)CC3(C#N)CC3)C(F)(F)F)cc2)CC1. The molecule has 2 atom stereocenters. The normalized spacial score (nSPS) is 19.7. The second-order valence-corrected chi connectivity index (χ2v) is 9.38. The number of ketones is 1. The molecule has 1 aliphatic carbocycles. The first-order valence-corrected chi connectivity index (χ1v) is 11.9. The van der Waals surface area contributed by atoms with Crippen molar-refractivity contribution in [1.82, 2.24) is 25.4 Å². The topological polar surface area (TPSA) is 101 Å². The van der Waals surface area contributed by atoms with Crippen molar-refractivity contribution in [3.63, 3.8) is 0 Å². The Morgan fingerprint density at radius 3 is 2.43 bits per heavy atom. The van der Waals surface area contributed by atoms with Gasteiger partial charge in [0.1, 0.15) is 18.2 Å². The summed E-state index contributed by atoms with van der Waals surface area (Å²) in [6, 6.07) is 5.30. The lowest BCUT2D eigenvalue weighted by Gasteiger charge is -2.35. The number of hydrogen-bond acceptors (Lipinski definition) is 7. The number of carbonyl (C=O) groups excluding carboxylic acids is 1. The third kappa shape index (κ3) is 6.18. The largest absolute Gasteiger partial charge is 0.407 e. The number of likely N-dealkylation sites (N-methyl/N-ethyl adjacent to an activating group) is 1. The Labute approximate surface area is 202 Å². The number of benzene rings is 1. The number of aromatic nitrogens is 3. The van der Waals surface area contributed by atoms with Crippen LogP contribution in [-0.2, 0) is 11.2 Å². The molecule has 1 aromatic heterocycles. The fourth-order valence-electron chi connectivity index (χ4n) is 4.50. The minimum absolute atomic E-state index is 0.0326. The van der Waals surface area contributed by atoms with Crippen LogP contribution in [0.25, 0.3) is 0 Å². The minimum Gasteiger partial charge on any atom is -0.369 e. The standard InChI is InChI=1S/C24H30F3N7O/c1-2-33-9-11-34(12-10-33)18-5-3-17(4-6-18)22(24(25,26)27)31-19(13-21-29-16-30-32-21)20(35)14-23(15-28)7-8-23/h3-6,16,19,22,31H,2,7-14H2,1H3,(H,29,30,32)/t19-,22-/m0/s1. The molecule has 188 valence electrons. The van der Waals surface area contributed by atoms with Crippen LogP contribution in [-0.4, -0.2) is 70.8 Å². The molecule has 0 unspecified atom stereocenters. The highest BCUT2D eigenvalue weighted by Crippen LogP contribution is 2.48. The van der Waals surface area contributed by atoms with Gasteiger partial charge in [-0.05, 0) is 37.1 Å². The summed E-state index contributed by atoms with van der Waals surface area (Å²) in [5.41, 5.74) is 0.157. The summed E-state index contributed by atoms with van der Waals surface area (Å²) in [5, 5.41) is 18.2. The van der Waals surface area contributed by atoms with Crippen molar-refractivity contribution in [1.29, 1.82) is 5.26 Å². The Morgan fingerprint density at radius 1 is 1.23 bits per heavy atom. The zero-order chi connectivity index (χ0) is 25.1. The number of Topliss-reactive ketones (excluding diaryl/α,β-unsaturated/α-hetero) is 1. The monoisotopic (exact) mass is 489 g/mol. The van der Waals surface area contributed by atoms with Crippen molar-refractivity contribution in [3.8, 4) is 6.07 Å². The molecule has 4 rings (SSSR count). The summed E-state index contributed by atoms with van der Waals surface area (Å²) >= 11 is 0. The highest BCUT2D eigenvalue weighted by Gasteiger charge is 2.48. The van der Waals surface area contributed by atoms with Gasteiger partial charge in [-0.25, -0.2) is 4.98 Å². The molecular weight excluding hydrogens is 459 g/mol. The van der Waals surface area contributed by atoms with Crippen LogP contribution in [0.4, 0.5) is 18.9 Å². The third-order valence-electron chi connectivity index (χ3n) is 6.96. The Hall–Kier alpha value is -2.97. The summed E-state index contributed by atoms with van der Waals surface area (Å²) in [7, 11) is 0. The molecule has 0 spiro atoms. The molecule has 1 saturated carbocycles. The highest BCUT2D eigenvalue weighted by atomic mass is 19.4. The molecular formula is C24H30F3N7O. The summed E-state index contributed by atoms with van der Waals surface area (Å²) in [5.74, 6) is -0.125. The number of H-pyrrole nitrogens is 1. The van der Waals surface area contributed by atoms with Crippen molar-refractivity contribution in [2.45, 2.75) is 50.9 Å². The lowest BCUT2D eigenvalue weighted by atomic mass is 9.94. The van der Waals surface area contributed by atoms with E-state index in [0.29, 0.717) is 18.7 Å². The molecule has 1 aliphatic heterocycles. The Kier molecular flexibility index (Phi) is 7.42. The second kappa shape index (κ2) is 10.3. The number of nitrogens with zero attached hydrogens (tertiary/aromatic N) is 5. The average molecular weight is 490 g/mol. The van der Waals surface area contributed by atoms with Gasteiger partial charge in [-0.15, -0.1) is 0 Å². The number of nitriles is 1. The average Bonchev–Trinajstić information content (AvgIpc) is 3.43. The maximum Gasteiger partial charge on any atom is 0.407 e. The molecule has 0 bridgehead atoms. The van der Waals surface area contributed by atoms with Crippen LogP contribution in [0.1, 0.15) is 43.6 Å². The second-order valence-electron chi connectivity index (χ2n) is 9.38. The summed E-state index contributed by atoms with van der Waals surface area (Å²) in [4.78, 5) is 21.5. The Balaban J connectivity index is 1.52. The molecule has 2 N–H and O–H groups in total. The lowest BCUT2D eigenvalue weighted by Crippen LogP contribution is -2.47. The number of piperazine rings is 1. The maximum atomic E-state index is 14.2. The molecule has 0 radical (unpaired) electrons. The van der Waals surface area contributed by atoms with E-state index in [1.54, 1.807) is 12.1 Å². The predicted octanol–water partition coefficient (Wildman–Crippen LogP) is 3.01. The molecule has 1 saturated heterocycles. The van der Waals surface area contributed by atoms with Gasteiger partial charge in [0.2, 0.25) is 0 Å². The van der Waals surface area contributed by atoms with E-state index in [-0.39, 0.29) is 18.4 Å². The Bertz CT molecular complexity index is 1020. The quantitative estimate of drug-likeness (QED) is 0.529. The number of halogens is 3. The first-order valence-electron chi connectivity index (χ1n) is 11.9. The molecule has 35 heavy (non-hydrogen) atoms. The van der Waals surface area contributed by atoms with Crippen molar-refractivity contribution < 1.29 is 18.0 Å². The molecule has 2 aromatic rings. The number of nitrogens with one attached hydrogen (secondary N) is 2.